The van der Waals surface area contributed by atoms with Crippen molar-refractivity contribution in [2.75, 3.05) is 17.7 Å². The standard InChI is InChI=1S/C15H21NO3S/c1-10-7-8-16(11(10)2)14-9-13(12(3)17)5-6-15(14)20(4,18)19/h5-6,9-11H,7-8H2,1-4H3. The summed E-state index contributed by atoms with van der Waals surface area (Å²) in [7, 11) is -3.31. The molecule has 20 heavy (non-hydrogen) atoms. The number of hydrogen-bond donors (Lipinski definition) is 0. The molecule has 0 saturated carbocycles. The molecule has 0 spiro atoms. The lowest BCUT2D eigenvalue weighted by Gasteiger charge is -2.27. The van der Waals surface area contributed by atoms with E-state index in [1.165, 1.54) is 13.2 Å². The molecule has 0 amide bonds. The zero-order valence-corrected chi connectivity index (χ0v) is 13.2. The molecule has 2 rings (SSSR count). The molecule has 110 valence electrons. The minimum atomic E-state index is -3.31. The summed E-state index contributed by atoms with van der Waals surface area (Å²) < 4.78 is 23.9. The fourth-order valence-electron chi connectivity index (χ4n) is 2.71. The number of nitrogens with zero attached hydrogens (tertiary/aromatic N) is 1. The second-order valence-electron chi connectivity index (χ2n) is 5.71. The summed E-state index contributed by atoms with van der Waals surface area (Å²) in [6, 6.07) is 5.13. The molecule has 0 aromatic heterocycles. The van der Waals surface area contributed by atoms with Crippen molar-refractivity contribution in [1.29, 1.82) is 0 Å². The van der Waals surface area contributed by atoms with Gasteiger partial charge in [0.2, 0.25) is 0 Å². The SMILES string of the molecule is CC(=O)c1ccc(S(C)(=O)=O)c(N2CCC(C)C2C)c1. The highest BCUT2D eigenvalue weighted by molar-refractivity contribution is 7.90. The Morgan fingerprint density at radius 3 is 2.40 bits per heavy atom. The molecule has 0 aliphatic carbocycles. The van der Waals surface area contributed by atoms with Gasteiger partial charge in [0, 0.05) is 24.4 Å². The Labute approximate surface area is 120 Å². The van der Waals surface area contributed by atoms with Gasteiger partial charge in [-0.2, -0.15) is 0 Å². The summed E-state index contributed by atoms with van der Waals surface area (Å²) >= 11 is 0. The zero-order chi connectivity index (χ0) is 15.1. The largest absolute Gasteiger partial charge is 0.367 e. The first kappa shape index (κ1) is 15.0. The molecule has 1 aliphatic heterocycles. The number of anilines is 1. The molecule has 0 radical (unpaired) electrons. The Bertz CT molecular complexity index is 637. The molecule has 1 saturated heterocycles. The van der Waals surface area contributed by atoms with Crippen molar-refractivity contribution in [3.05, 3.63) is 23.8 Å². The van der Waals surface area contributed by atoms with Crippen LogP contribution in [0, 0.1) is 5.92 Å². The maximum absolute atomic E-state index is 12.0. The average molecular weight is 295 g/mol. The molecule has 1 aromatic rings. The summed E-state index contributed by atoms with van der Waals surface area (Å²) in [5.41, 5.74) is 1.22. The van der Waals surface area contributed by atoms with Gasteiger partial charge in [0.15, 0.2) is 15.6 Å². The monoisotopic (exact) mass is 295 g/mol. The van der Waals surface area contributed by atoms with Gasteiger partial charge in [-0.15, -0.1) is 0 Å². The van der Waals surface area contributed by atoms with Crippen molar-refractivity contribution in [3.8, 4) is 0 Å². The normalized spacial score (nSPS) is 23.1. The molecule has 1 heterocycles. The molecule has 1 fully saturated rings. The fraction of sp³-hybridized carbons (Fsp3) is 0.533. The Morgan fingerprint density at radius 2 is 1.95 bits per heavy atom. The van der Waals surface area contributed by atoms with Crippen LogP contribution in [-0.2, 0) is 9.84 Å². The highest BCUT2D eigenvalue weighted by Gasteiger charge is 2.30. The Hall–Kier alpha value is -1.36. The molecule has 2 atom stereocenters. The van der Waals surface area contributed by atoms with Crippen molar-refractivity contribution < 1.29 is 13.2 Å². The number of sulfone groups is 1. The second-order valence-corrected chi connectivity index (χ2v) is 7.69. The van der Waals surface area contributed by atoms with E-state index in [9.17, 15) is 13.2 Å². The predicted octanol–water partition coefficient (Wildman–Crippen LogP) is 2.53. The van der Waals surface area contributed by atoms with Crippen molar-refractivity contribution in [2.45, 2.75) is 38.1 Å². The fourth-order valence-corrected chi connectivity index (χ4v) is 3.58. The second kappa shape index (κ2) is 5.20. The van der Waals surface area contributed by atoms with E-state index in [-0.39, 0.29) is 11.8 Å². The third-order valence-corrected chi connectivity index (χ3v) is 5.36. The third kappa shape index (κ3) is 2.73. The molecule has 2 unspecified atom stereocenters. The van der Waals surface area contributed by atoms with E-state index in [4.69, 9.17) is 0 Å². The highest BCUT2D eigenvalue weighted by atomic mass is 32.2. The lowest BCUT2D eigenvalue weighted by molar-refractivity contribution is 0.101. The van der Waals surface area contributed by atoms with Crippen LogP contribution in [0.15, 0.2) is 23.1 Å². The van der Waals surface area contributed by atoms with Gasteiger partial charge in [-0.05, 0) is 44.4 Å². The molecule has 1 aliphatic rings. The van der Waals surface area contributed by atoms with Crippen LogP contribution in [0.25, 0.3) is 0 Å². The van der Waals surface area contributed by atoms with E-state index in [2.05, 4.69) is 18.7 Å². The van der Waals surface area contributed by atoms with E-state index in [1.54, 1.807) is 18.2 Å². The van der Waals surface area contributed by atoms with Crippen molar-refractivity contribution >= 4 is 21.3 Å². The van der Waals surface area contributed by atoms with E-state index in [0.29, 0.717) is 22.1 Å². The van der Waals surface area contributed by atoms with E-state index < -0.39 is 9.84 Å². The van der Waals surface area contributed by atoms with Crippen LogP contribution in [0.2, 0.25) is 0 Å². The molecular formula is C15H21NO3S. The predicted molar refractivity (Wildman–Crippen MR) is 80.1 cm³/mol. The summed E-state index contributed by atoms with van der Waals surface area (Å²) in [6.45, 7) is 6.59. The van der Waals surface area contributed by atoms with E-state index in [1.807, 2.05) is 0 Å². The van der Waals surface area contributed by atoms with E-state index in [0.717, 1.165) is 13.0 Å². The van der Waals surface area contributed by atoms with Crippen LogP contribution < -0.4 is 4.90 Å². The number of carbonyl (C=O) groups excluding carboxylic acids is 1. The van der Waals surface area contributed by atoms with Gasteiger partial charge in [-0.3, -0.25) is 4.79 Å². The van der Waals surface area contributed by atoms with Gasteiger partial charge in [0.25, 0.3) is 0 Å². The van der Waals surface area contributed by atoms with Crippen LogP contribution in [0.3, 0.4) is 0 Å². The van der Waals surface area contributed by atoms with Crippen molar-refractivity contribution in [3.63, 3.8) is 0 Å². The molecule has 0 N–H and O–H groups in total. The van der Waals surface area contributed by atoms with Crippen LogP contribution in [0.1, 0.15) is 37.6 Å². The van der Waals surface area contributed by atoms with Crippen LogP contribution in [0.4, 0.5) is 5.69 Å². The van der Waals surface area contributed by atoms with Gasteiger partial charge in [-0.1, -0.05) is 6.92 Å². The van der Waals surface area contributed by atoms with Gasteiger partial charge < -0.3 is 4.90 Å². The minimum Gasteiger partial charge on any atom is -0.367 e. The number of benzene rings is 1. The number of rotatable bonds is 3. The Morgan fingerprint density at radius 1 is 1.30 bits per heavy atom. The first-order valence-corrected chi connectivity index (χ1v) is 8.72. The number of ketones is 1. The Balaban J connectivity index is 2.59. The maximum atomic E-state index is 12.0. The van der Waals surface area contributed by atoms with E-state index >= 15 is 0 Å². The molecule has 4 nitrogen and oxygen atoms in total. The molecule has 1 aromatic carbocycles. The summed E-state index contributed by atoms with van der Waals surface area (Å²) in [5.74, 6) is 0.467. The quantitative estimate of drug-likeness (QED) is 0.804. The zero-order valence-electron chi connectivity index (χ0n) is 12.4. The Kier molecular flexibility index (Phi) is 3.91. The smallest absolute Gasteiger partial charge is 0.177 e. The lowest BCUT2D eigenvalue weighted by Crippen LogP contribution is -2.30. The summed E-state index contributed by atoms with van der Waals surface area (Å²) in [4.78, 5) is 14.0. The first-order valence-electron chi connectivity index (χ1n) is 6.83. The summed E-state index contributed by atoms with van der Waals surface area (Å²) in [6.07, 6.45) is 2.25. The van der Waals surface area contributed by atoms with Crippen LogP contribution in [-0.4, -0.2) is 33.0 Å². The average Bonchev–Trinajstić information content (AvgIpc) is 2.68. The number of Topliss-reactive ketones (excluding diaryl/α,β-unsaturated/α-hetero) is 1. The minimum absolute atomic E-state index is 0.0498. The molecule has 0 bridgehead atoms. The van der Waals surface area contributed by atoms with Crippen LogP contribution in [0.5, 0.6) is 0 Å². The van der Waals surface area contributed by atoms with Crippen molar-refractivity contribution in [2.24, 2.45) is 5.92 Å². The van der Waals surface area contributed by atoms with Crippen molar-refractivity contribution in [1.82, 2.24) is 0 Å². The van der Waals surface area contributed by atoms with Gasteiger partial charge in [0.1, 0.15) is 0 Å². The molecular weight excluding hydrogens is 274 g/mol. The highest BCUT2D eigenvalue weighted by Crippen LogP contribution is 2.34. The third-order valence-electron chi connectivity index (χ3n) is 4.21. The number of hydrogen-bond acceptors (Lipinski definition) is 4. The van der Waals surface area contributed by atoms with Gasteiger partial charge in [-0.25, -0.2) is 8.42 Å². The van der Waals surface area contributed by atoms with Crippen LogP contribution >= 0.6 is 0 Å². The number of carbonyl (C=O) groups is 1. The molecule has 5 heteroatoms. The lowest BCUT2D eigenvalue weighted by atomic mass is 10.0. The summed E-state index contributed by atoms with van der Waals surface area (Å²) in [5, 5.41) is 0. The first-order chi connectivity index (χ1) is 9.21. The topological polar surface area (TPSA) is 54.5 Å². The van der Waals surface area contributed by atoms with Gasteiger partial charge in [0.05, 0.1) is 10.6 Å². The maximum Gasteiger partial charge on any atom is 0.177 e. The van der Waals surface area contributed by atoms with Gasteiger partial charge >= 0.3 is 0 Å².